The molecule has 2 fully saturated rings. The van der Waals surface area contributed by atoms with E-state index in [4.69, 9.17) is 21.9 Å². The highest BCUT2D eigenvalue weighted by Gasteiger charge is 2.36. The molecule has 2 aromatic rings. The van der Waals surface area contributed by atoms with Crippen LogP contribution in [0.5, 0.6) is 0 Å². The molecule has 2 saturated heterocycles. The molecule has 1 unspecified atom stereocenters. The fourth-order valence-electron chi connectivity index (χ4n) is 4.20. The molecule has 0 aliphatic carbocycles. The molecular weight excluding hydrogens is 514 g/mol. The second-order valence-electron chi connectivity index (χ2n) is 9.11. The van der Waals surface area contributed by atoms with Crippen molar-refractivity contribution in [3.63, 3.8) is 0 Å². The molecule has 12 heteroatoms. The summed E-state index contributed by atoms with van der Waals surface area (Å²) >= 11 is 6.59. The van der Waals surface area contributed by atoms with E-state index in [1.54, 1.807) is 41.1 Å². The molecule has 2 aromatic heterocycles. The first-order valence-electron chi connectivity index (χ1n) is 12.2. The highest BCUT2D eigenvalue weighted by molar-refractivity contribution is 8.26. The van der Waals surface area contributed by atoms with Crippen LogP contribution in [0.15, 0.2) is 34.1 Å². The molecule has 0 radical (unpaired) electrons. The number of thiocarbonyl (C=S) groups is 1. The quantitative estimate of drug-likeness (QED) is 0.304. The average molecular weight is 544 g/mol. The van der Waals surface area contributed by atoms with E-state index in [2.05, 4.69) is 19.2 Å². The molecule has 2 aliphatic heterocycles. The number of thioether (sulfide) groups is 1. The van der Waals surface area contributed by atoms with E-state index in [0.29, 0.717) is 40.4 Å². The Morgan fingerprint density at radius 1 is 1.32 bits per heavy atom. The Kier molecular flexibility index (Phi) is 8.28. The van der Waals surface area contributed by atoms with Crippen molar-refractivity contribution < 1.29 is 19.1 Å². The maximum atomic E-state index is 13.7. The molecule has 10 nitrogen and oxygen atoms in total. The number of piperazine rings is 1. The van der Waals surface area contributed by atoms with E-state index < -0.39 is 17.6 Å². The fraction of sp³-hybridized carbons (Fsp3) is 0.440. The third-order valence-corrected chi connectivity index (χ3v) is 7.47. The van der Waals surface area contributed by atoms with Crippen LogP contribution in [0.4, 0.5) is 5.82 Å². The molecule has 0 bridgehead atoms. The number of fused-ring (bicyclic) bond motifs is 1. The largest absolute Gasteiger partial charge is 0.466 e. The van der Waals surface area contributed by atoms with Gasteiger partial charge >= 0.3 is 5.97 Å². The predicted molar refractivity (Wildman–Crippen MR) is 146 cm³/mol. The van der Waals surface area contributed by atoms with Gasteiger partial charge in [-0.1, -0.05) is 43.9 Å². The number of hydrogen-bond acceptors (Lipinski definition) is 9. The number of esters is 1. The van der Waals surface area contributed by atoms with Crippen molar-refractivity contribution in [2.24, 2.45) is 5.92 Å². The summed E-state index contributed by atoms with van der Waals surface area (Å²) in [6, 6.07) is 4.23. The van der Waals surface area contributed by atoms with Crippen molar-refractivity contribution in [2.75, 3.05) is 31.1 Å². The van der Waals surface area contributed by atoms with Gasteiger partial charge in [-0.2, -0.15) is 0 Å². The van der Waals surface area contributed by atoms with Crippen LogP contribution in [0.25, 0.3) is 11.7 Å². The number of rotatable bonds is 8. The minimum Gasteiger partial charge on any atom is -0.466 e. The van der Waals surface area contributed by atoms with Crippen LogP contribution in [0.2, 0.25) is 0 Å². The van der Waals surface area contributed by atoms with Crippen LogP contribution in [0.3, 0.4) is 0 Å². The third-order valence-electron chi connectivity index (χ3n) is 6.10. The predicted octanol–water partition coefficient (Wildman–Crippen LogP) is 2.20. The Balaban J connectivity index is 1.81. The fourth-order valence-corrected chi connectivity index (χ4v) is 5.49. The van der Waals surface area contributed by atoms with E-state index in [9.17, 15) is 19.2 Å². The summed E-state index contributed by atoms with van der Waals surface area (Å²) < 4.78 is 6.90. The van der Waals surface area contributed by atoms with Crippen molar-refractivity contribution >= 4 is 63.6 Å². The Bertz CT molecular complexity index is 1340. The topological polar surface area (TPSA) is 113 Å². The van der Waals surface area contributed by atoms with E-state index >= 15 is 0 Å². The lowest BCUT2D eigenvalue weighted by Crippen LogP contribution is -2.57. The van der Waals surface area contributed by atoms with Gasteiger partial charge in [-0.25, -0.2) is 4.98 Å². The average Bonchev–Trinajstić information content (AvgIpc) is 3.12. The van der Waals surface area contributed by atoms with Gasteiger partial charge in [0.15, 0.2) is 0 Å². The van der Waals surface area contributed by atoms with Gasteiger partial charge in [-0.3, -0.25) is 28.5 Å². The van der Waals surface area contributed by atoms with Crippen LogP contribution in [-0.4, -0.2) is 68.7 Å². The number of hydrogen-bond donors (Lipinski definition) is 1. The van der Waals surface area contributed by atoms with Crippen molar-refractivity contribution in [2.45, 2.75) is 39.7 Å². The Labute approximate surface area is 224 Å². The van der Waals surface area contributed by atoms with Crippen molar-refractivity contribution in [1.29, 1.82) is 0 Å². The monoisotopic (exact) mass is 543 g/mol. The smallest absolute Gasteiger partial charge is 0.308 e. The highest BCUT2D eigenvalue weighted by Crippen LogP contribution is 2.34. The summed E-state index contributed by atoms with van der Waals surface area (Å²) in [4.78, 5) is 60.2. The molecule has 0 aromatic carbocycles. The number of nitrogens with one attached hydrogen (secondary N) is 1. The first-order valence-corrected chi connectivity index (χ1v) is 13.4. The Hall–Kier alpha value is -3.25. The summed E-state index contributed by atoms with van der Waals surface area (Å²) in [7, 11) is 0. The van der Waals surface area contributed by atoms with Gasteiger partial charge in [0.2, 0.25) is 5.91 Å². The minimum atomic E-state index is -0.918. The summed E-state index contributed by atoms with van der Waals surface area (Å²) in [5, 5.41) is 2.77. The maximum absolute atomic E-state index is 13.7. The van der Waals surface area contributed by atoms with Crippen molar-refractivity contribution in [3.8, 4) is 0 Å². The highest BCUT2D eigenvalue weighted by atomic mass is 32.2. The zero-order valence-electron chi connectivity index (χ0n) is 20.9. The van der Waals surface area contributed by atoms with Gasteiger partial charge in [-0.15, -0.1) is 0 Å². The second-order valence-corrected chi connectivity index (χ2v) is 10.8. The summed E-state index contributed by atoms with van der Waals surface area (Å²) in [5.41, 5.74) is 0.135. The number of aromatic nitrogens is 2. The molecule has 1 N–H and O–H groups in total. The van der Waals surface area contributed by atoms with Crippen molar-refractivity contribution in [1.82, 2.24) is 19.6 Å². The molecule has 0 spiro atoms. The SMILES string of the molecule is CCOC(=O)CC1C(=O)NCCN1c1nc2ccccn2c(=O)c1/C=C1\SC(=S)N(CCC(C)C)C1=O. The Morgan fingerprint density at radius 2 is 2.11 bits per heavy atom. The van der Waals surface area contributed by atoms with Crippen LogP contribution < -0.4 is 15.8 Å². The zero-order valence-corrected chi connectivity index (χ0v) is 22.6. The molecule has 4 rings (SSSR count). The third kappa shape index (κ3) is 5.69. The maximum Gasteiger partial charge on any atom is 0.308 e. The summed E-state index contributed by atoms with van der Waals surface area (Å²) in [6.45, 7) is 7.15. The standard InChI is InChI=1S/C25H29N5O5S2/c1-4-35-20(31)14-17-22(32)26-9-12-28(17)21-16(23(33)29-10-6-5-7-19(29)27-21)13-18-24(34)30(25(36)37-18)11-8-15(2)3/h5-7,10,13,15,17H,4,8-9,11-12,14H2,1-3H3,(H,26,32)/b18-13-. The molecule has 196 valence electrons. The molecule has 4 heterocycles. The number of ether oxygens (including phenoxy) is 1. The first-order chi connectivity index (χ1) is 17.7. The van der Waals surface area contributed by atoms with E-state index in [0.717, 1.165) is 18.2 Å². The van der Waals surface area contributed by atoms with Gasteiger partial charge in [0.05, 0.1) is 23.5 Å². The molecular formula is C25H29N5O5S2. The second kappa shape index (κ2) is 11.4. The number of nitrogens with zero attached hydrogens (tertiary/aromatic N) is 4. The van der Waals surface area contributed by atoms with Crippen LogP contribution in [0.1, 0.15) is 39.2 Å². The Morgan fingerprint density at radius 3 is 2.84 bits per heavy atom. The van der Waals surface area contributed by atoms with Gasteiger partial charge in [0.1, 0.15) is 21.8 Å². The van der Waals surface area contributed by atoms with Gasteiger partial charge in [0, 0.05) is 25.8 Å². The van der Waals surface area contributed by atoms with E-state index in [-0.39, 0.29) is 36.2 Å². The number of amides is 2. The molecule has 0 saturated carbocycles. The lowest BCUT2D eigenvalue weighted by atomic mass is 10.1. The molecule has 1 atom stereocenters. The first kappa shape index (κ1) is 26.8. The number of carbonyl (C=O) groups excluding carboxylic acids is 3. The molecule has 2 aliphatic rings. The van der Waals surface area contributed by atoms with E-state index in [1.165, 1.54) is 10.5 Å². The number of anilines is 1. The van der Waals surface area contributed by atoms with Crippen LogP contribution in [-0.2, 0) is 19.1 Å². The summed E-state index contributed by atoms with van der Waals surface area (Å²) in [6.07, 6.45) is 3.70. The van der Waals surface area contributed by atoms with Crippen molar-refractivity contribution in [3.05, 3.63) is 45.2 Å². The lowest BCUT2D eigenvalue weighted by Gasteiger charge is -2.36. The van der Waals surface area contributed by atoms with E-state index in [1.807, 2.05) is 0 Å². The van der Waals surface area contributed by atoms with Gasteiger partial charge < -0.3 is 15.0 Å². The number of carbonyl (C=O) groups is 3. The molecule has 37 heavy (non-hydrogen) atoms. The van der Waals surface area contributed by atoms with Gasteiger partial charge in [-0.05, 0) is 37.5 Å². The lowest BCUT2D eigenvalue weighted by molar-refractivity contribution is -0.145. The minimum absolute atomic E-state index is 0.150. The normalized spacial score (nSPS) is 19.3. The van der Waals surface area contributed by atoms with Crippen LogP contribution in [0, 0.1) is 5.92 Å². The molecule has 2 amide bonds. The number of pyridine rings is 1. The van der Waals surface area contributed by atoms with Gasteiger partial charge in [0.25, 0.3) is 11.5 Å². The zero-order chi connectivity index (χ0) is 26.7. The summed E-state index contributed by atoms with van der Waals surface area (Å²) in [5.74, 6) is -0.525. The van der Waals surface area contributed by atoms with Crippen LogP contribution >= 0.6 is 24.0 Å².